The number of nitrogens with zero attached hydrogens (tertiary/aromatic N) is 1. The second-order valence-corrected chi connectivity index (χ2v) is 5.12. The first kappa shape index (κ1) is 12.5. The molecule has 0 saturated carbocycles. The molecular weight excluding hydrogens is 234 g/mol. The van der Waals surface area contributed by atoms with Crippen molar-refractivity contribution in [3.8, 4) is 0 Å². The lowest BCUT2D eigenvalue weighted by molar-refractivity contribution is 0.175. The zero-order valence-electron chi connectivity index (χ0n) is 11.2. The van der Waals surface area contributed by atoms with Crippen molar-refractivity contribution in [3.05, 3.63) is 48.7 Å². The van der Waals surface area contributed by atoms with Gasteiger partial charge >= 0.3 is 0 Å². The van der Waals surface area contributed by atoms with Gasteiger partial charge in [0.1, 0.15) is 0 Å². The molecule has 0 bridgehead atoms. The summed E-state index contributed by atoms with van der Waals surface area (Å²) in [5, 5.41) is 4.76. The number of H-pyrrole nitrogens is 1. The zero-order valence-corrected chi connectivity index (χ0v) is 11.2. The Labute approximate surface area is 114 Å². The normalized spacial score (nSPS) is 18.5. The lowest BCUT2D eigenvalue weighted by Gasteiger charge is -2.34. The largest absolute Gasteiger partial charge is 0.361 e. The Morgan fingerprint density at radius 1 is 1.26 bits per heavy atom. The standard InChI is InChI=1S/C16H21N3/c1-2-5-16(19-10-8-17-9-11-19)14-12-18-15-7-4-3-6-13(14)15/h2-4,6-7,12,16-18H,1,5,8-11H2/t16-/m0/s1. The smallest absolute Gasteiger partial charge is 0.0457 e. The minimum Gasteiger partial charge on any atom is -0.361 e. The van der Waals surface area contributed by atoms with Crippen LogP contribution < -0.4 is 5.32 Å². The van der Waals surface area contributed by atoms with E-state index in [1.54, 1.807) is 0 Å². The van der Waals surface area contributed by atoms with E-state index in [1.165, 1.54) is 16.5 Å². The number of hydrogen-bond acceptors (Lipinski definition) is 2. The highest BCUT2D eigenvalue weighted by atomic mass is 15.2. The number of fused-ring (bicyclic) bond motifs is 1. The molecule has 2 aromatic rings. The number of benzene rings is 1. The van der Waals surface area contributed by atoms with Crippen LogP contribution >= 0.6 is 0 Å². The molecule has 3 rings (SSSR count). The van der Waals surface area contributed by atoms with Gasteiger partial charge in [-0.25, -0.2) is 0 Å². The molecule has 0 aliphatic carbocycles. The molecule has 1 aromatic carbocycles. The van der Waals surface area contributed by atoms with Crippen molar-refractivity contribution in [2.24, 2.45) is 0 Å². The lowest BCUT2D eigenvalue weighted by atomic mass is 10.0. The average molecular weight is 255 g/mol. The van der Waals surface area contributed by atoms with Crippen LogP contribution in [-0.2, 0) is 0 Å². The zero-order chi connectivity index (χ0) is 13.1. The van der Waals surface area contributed by atoms with Gasteiger partial charge in [-0.2, -0.15) is 0 Å². The Balaban J connectivity index is 1.96. The van der Waals surface area contributed by atoms with Crippen molar-refractivity contribution in [1.82, 2.24) is 15.2 Å². The summed E-state index contributed by atoms with van der Waals surface area (Å²) < 4.78 is 0. The molecule has 0 radical (unpaired) electrons. The highest BCUT2D eigenvalue weighted by Crippen LogP contribution is 2.31. The molecule has 1 fully saturated rings. The first-order chi connectivity index (χ1) is 9.40. The molecule has 1 atom stereocenters. The van der Waals surface area contributed by atoms with Gasteiger partial charge in [-0.05, 0) is 18.1 Å². The van der Waals surface area contributed by atoms with Gasteiger partial charge in [0.15, 0.2) is 0 Å². The number of aromatic amines is 1. The van der Waals surface area contributed by atoms with E-state index in [0.29, 0.717) is 6.04 Å². The molecule has 2 N–H and O–H groups in total. The second-order valence-electron chi connectivity index (χ2n) is 5.12. The Morgan fingerprint density at radius 3 is 2.84 bits per heavy atom. The maximum atomic E-state index is 3.93. The van der Waals surface area contributed by atoms with Crippen molar-refractivity contribution >= 4 is 10.9 Å². The Bertz CT molecular complexity index is 552. The molecule has 1 aliphatic rings. The van der Waals surface area contributed by atoms with Crippen LogP contribution in [0.4, 0.5) is 0 Å². The van der Waals surface area contributed by atoms with Gasteiger partial charge in [0.2, 0.25) is 0 Å². The van der Waals surface area contributed by atoms with Crippen molar-refractivity contribution in [2.45, 2.75) is 12.5 Å². The van der Waals surface area contributed by atoms with E-state index in [9.17, 15) is 0 Å². The molecule has 0 spiro atoms. The van der Waals surface area contributed by atoms with Gasteiger partial charge in [0, 0.05) is 49.3 Å². The fourth-order valence-corrected chi connectivity index (χ4v) is 2.99. The van der Waals surface area contributed by atoms with E-state index < -0.39 is 0 Å². The monoisotopic (exact) mass is 255 g/mol. The van der Waals surface area contributed by atoms with Gasteiger partial charge in [-0.15, -0.1) is 6.58 Å². The summed E-state index contributed by atoms with van der Waals surface area (Å²) in [5.41, 5.74) is 2.62. The third kappa shape index (κ3) is 2.44. The van der Waals surface area contributed by atoms with E-state index in [4.69, 9.17) is 0 Å². The number of hydrogen-bond donors (Lipinski definition) is 2. The van der Waals surface area contributed by atoms with Crippen LogP contribution in [0.25, 0.3) is 10.9 Å². The number of aromatic nitrogens is 1. The van der Waals surface area contributed by atoms with Gasteiger partial charge in [0.25, 0.3) is 0 Å². The number of rotatable bonds is 4. The first-order valence-electron chi connectivity index (χ1n) is 7.02. The van der Waals surface area contributed by atoms with Crippen molar-refractivity contribution in [2.75, 3.05) is 26.2 Å². The number of piperazine rings is 1. The molecule has 1 aromatic heterocycles. The summed E-state index contributed by atoms with van der Waals surface area (Å²) >= 11 is 0. The van der Waals surface area contributed by atoms with Crippen molar-refractivity contribution < 1.29 is 0 Å². The molecule has 0 unspecified atom stereocenters. The summed E-state index contributed by atoms with van der Waals surface area (Å²) in [6, 6.07) is 8.98. The number of nitrogens with one attached hydrogen (secondary N) is 2. The van der Waals surface area contributed by atoms with Crippen LogP contribution in [0.15, 0.2) is 43.1 Å². The lowest BCUT2D eigenvalue weighted by Crippen LogP contribution is -2.45. The van der Waals surface area contributed by atoms with Gasteiger partial charge in [0.05, 0.1) is 0 Å². The average Bonchev–Trinajstić information content (AvgIpc) is 2.89. The SMILES string of the molecule is C=CC[C@@H](c1c[nH]c2ccccc12)N1CCNCC1. The van der Waals surface area contributed by atoms with Gasteiger partial charge in [-0.3, -0.25) is 4.90 Å². The number of para-hydroxylation sites is 1. The van der Waals surface area contributed by atoms with E-state index in [2.05, 4.69) is 52.2 Å². The van der Waals surface area contributed by atoms with Crippen molar-refractivity contribution in [1.29, 1.82) is 0 Å². The second kappa shape index (κ2) is 5.59. The first-order valence-corrected chi connectivity index (χ1v) is 7.02. The summed E-state index contributed by atoms with van der Waals surface area (Å²) in [4.78, 5) is 5.95. The van der Waals surface area contributed by atoms with E-state index >= 15 is 0 Å². The molecular formula is C16H21N3. The van der Waals surface area contributed by atoms with Crippen molar-refractivity contribution in [3.63, 3.8) is 0 Å². The minimum absolute atomic E-state index is 0.441. The quantitative estimate of drug-likeness (QED) is 0.823. The Morgan fingerprint density at radius 2 is 2.05 bits per heavy atom. The molecule has 19 heavy (non-hydrogen) atoms. The third-order valence-corrected chi connectivity index (χ3v) is 3.96. The van der Waals surface area contributed by atoms with Gasteiger partial charge in [-0.1, -0.05) is 24.3 Å². The van der Waals surface area contributed by atoms with Crippen LogP contribution in [-0.4, -0.2) is 36.1 Å². The molecule has 1 aliphatic heterocycles. The summed E-state index contributed by atoms with van der Waals surface area (Å²) in [6.07, 6.45) is 5.21. The van der Waals surface area contributed by atoms with Crippen LogP contribution in [0.5, 0.6) is 0 Å². The van der Waals surface area contributed by atoms with Crippen LogP contribution in [0, 0.1) is 0 Å². The topological polar surface area (TPSA) is 31.1 Å². The molecule has 100 valence electrons. The highest BCUT2D eigenvalue weighted by Gasteiger charge is 2.23. The predicted molar refractivity (Wildman–Crippen MR) is 80.3 cm³/mol. The third-order valence-electron chi connectivity index (χ3n) is 3.96. The van der Waals surface area contributed by atoms with Crippen LogP contribution in [0.1, 0.15) is 18.0 Å². The Hall–Kier alpha value is -1.58. The molecule has 1 saturated heterocycles. The van der Waals surface area contributed by atoms with Crippen LogP contribution in [0.2, 0.25) is 0 Å². The molecule has 2 heterocycles. The minimum atomic E-state index is 0.441. The summed E-state index contributed by atoms with van der Waals surface area (Å²) in [7, 11) is 0. The van der Waals surface area contributed by atoms with E-state index in [0.717, 1.165) is 32.6 Å². The predicted octanol–water partition coefficient (Wildman–Crippen LogP) is 2.69. The Kier molecular flexibility index (Phi) is 3.67. The van der Waals surface area contributed by atoms with Crippen LogP contribution in [0.3, 0.4) is 0 Å². The summed E-state index contributed by atoms with van der Waals surface area (Å²) in [5.74, 6) is 0. The molecule has 3 heteroatoms. The maximum Gasteiger partial charge on any atom is 0.0457 e. The molecule has 0 amide bonds. The van der Waals surface area contributed by atoms with Gasteiger partial charge < -0.3 is 10.3 Å². The highest BCUT2D eigenvalue weighted by molar-refractivity contribution is 5.83. The summed E-state index contributed by atoms with van der Waals surface area (Å²) in [6.45, 7) is 8.31. The van der Waals surface area contributed by atoms with E-state index in [1.807, 2.05) is 6.08 Å². The fourth-order valence-electron chi connectivity index (χ4n) is 2.99. The van der Waals surface area contributed by atoms with E-state index in [-0.39, 0.29) is 0 Å². The maximum absolute atomic E-state index is 3.93. The fraction of sp³-hybridized carbons (Fsp3) is 0.375. The molecule has 3 nitrogen and oxygen atoms in total.